The summed E-state index contributed by atoms with van der Waals surface area (Å²) in [5.41, 5.74) is 6.56. The van der Waals surface area contributed by atoms with Gasteiger partial charge in [-0.15, -0.1) is 0 Å². The highest BCUT2D eigenvalue weighted by Gasteiger charge is 2.04. The highest BCUT2D eigenvalue weighted by Crippen LogP contribution is 2.06. The van der Waals surface area contributed by atoms with Crippen LogP contribution in [0.2, 0.25) is 0 Å². The first-order valence-corrected chi connectivity index (χ1v) is 3.98. The van der Waals surface area contributed by atoms with E-state index < -0.39 is 0 Å². The number of Topliss-reactive ketones (excluding diaryl/α,β-unsaturated/α-hetero) is 1. The molecule has 2 N–H and O–H groups in total. The van der Waals surface area contributed by atoms with Gasteiger partial charge in [0, 0.05) is 18.3 Å². The molecule has 0 atom stereocenters. The summed E-state index contributed by atoms with van der Waals surface area (Å²) < 4.78 is 0. The van der Waals surface area contributed by atoms with Crippen molar-refractivity contribution in [3.05, 3.63) is 24.0 Å². The molecule has 0 aliphatic heterocycles. The van der Waals surface area contributed by atoms with E-state index in [1.165, 1.54) is 0 Å². The van der Waals surface area contributed by atoms with Crippen LogP contribution in [0, 0.1) is 0 Å². The second-order valence-electron chi connectivity index (χ2n) is 2.65. The van der Waals surface area contributed by atoms with Crippen molar-refractivity contribution in [2.45, 2.75) is 19.8 Å². The normalized spacial score (nSPS) is 9.75. The van der Waals surface area contributed by atoms with Crippen molar-refractivity contribution in [3.63, 3.8) is 0 Å². The molecule has 0 aliphatic carbocycles. The quantitative estimate of drug-likeness (QED) is 0.691. The maximum atomic E-state index is 11.3. The van der Waals surface area contributed by atoms with Crippen LogP contribution in [0.3, 0.4) is 0 Å². The fourth-order valence-electron chi connectivity index (χ4n) is 0.955. The summed E-state index contributed by atoms with van der Waals surface area (Å²) in [6.07, 6.45) is 2.93. The molecule has 0 saturated heterocycles. The van der Waals surface area contributed by atoms with Gasteiger partial charge in [0.2, 0.25) is 0 Å². The van der Waals surface area contributed by atoms with Gasteiger partial charge in [-0.1, -0.05) is 6.92 Å². The van der Waals surface area contributed by atoms with E-state index >= 15 is 0 Å². The fourth-order valence-corrected chi connectivity index (χ4v) is 0.955. The van der Waals surface area contributed by atoms with E-state index in [1.807, 2.05) is 6.92 Å². The zero-order valence-corrected chi connectivity index (χ0v) is 7.08. The molecular weight excluding hydrogens is 152 g/mol. The summed E-state index contributed by atoms with van der Waals surface area (Å²) in [4.78, 5) is 15.2. The molecule has 1 aromatic rings. The molecule has 12 heavy (non-hydrogen) atoms. The molecule has 0 amide bonds. The molecule has 64 valence electrons. The summed E-state index contributed by atoms with van der Waals surface area (Å²) in [5, 5.41) is 0. The summed E-state index contributed by atoms with van der Waals surface area (Å²) >= 11 is 0. The number of hydrogen-bond donors (Lipinski definition) is 1. The zero-order chi connectivity index (χ0) is 8.97. The van der Waals surface area contributed by atoms with Crippen LogP contribution in [0.1, 0.15) is 30.3 Å². The highest BCUT2D eigenvalue weighted by atomic mass is 16.1. The van der Waals surface area contributed by atoms with Crippen LogP contribution in [-0.2, 0) is 0 Å². The first kappa shape index (κ1) is 8.71. The predicted molar refractivity (Wildman–Crippen MR) is 47.9 cm³/mol. The Morgan fingerprint density at radius 1 is 1.67 bits per heavy atom. The van der Waals surface area contributed by atoms with Crippen LogP contribution in [0.15, 0.2) is 18.3 Å². The number of hydrogen-bond acceptors (Lipinski definition) is 3. The third-order valence-electron chi connectivity index (χ3n) is 1.55. The van der Waals surface area contributed by atoms with Crippen molar-refractivity contribution in [2.24, 2.45) is 0 Å². The average Bonchev–Trinajstić information content (AvgIpc) is 2.05. The number of aromatic nitrogens is 1. The highest BCUT2D eigenvalue weighted by molar-refractivity contribution is 5.94. The SMILES string of the molecule is CCCC(=O)c1cc(N)ccn1. The standard InChI is InChI=1S/C9H12N2O/c1-2-3-9(12)8-6-7(10)4-5-11-8/h4-6H,2-3H2,1H3,(H2,10,11). The summed E-state index contributed by atoms with van der Waals surface area (Å²) in [7, 11) is 0. The van der Waals surface area contributed by atoms with Gasteiger partial charge in [0.15, 0.2) is 5.78 Å². The molecule has 3 heteroatoms. The zero-order valence-electron chi connectivity index (χ0n) is 7.08. The molecule has 0 saturated carbocycles. The number of nitrogens with two attached hydrogens (primary N) is 1. The van der Waals surface area contributed by atoms with Crippen LogP contribution in [0.25, 0.3) is 0 Å². The van der Waals surface area contributed by atoms with Gasteiger partial charge in [0.1, 0.15) is 5.69 Å². The Hall–Kier alpha value is -1.38. The number of pyridine rings is 1. The Bertz CT molecular complexity index is 284. The van der Waals surface area contributed by atoms with E-state index in [0.717, 1.165) is 6.42 Å². The maximum Gasteiger partial charge on any atom is 0.181 e. The average molecular weight is 164 g/mol. The Labute approximate surface area is 71.6 Å². The van der Waals surface area contributed by atoms with Crippen molar-refractivity contribution >= 4 is 11.5 Å². The third-order valence-corrected chi connectivity index (χ3v) is 1.55. The maximum absolute atomic E-state index is 11.3. The van der Waals surface area contributed by atoms with E-state index in [9.17, 15) is 4.79 Å². The van der Waals surface area contributed by atoms with Gasteiger partial charge >= 0.3 is 0 Å². The number of anilines is 1. The van der Waals surface area contributed by atoms with Crippen molar-refractivity contribution in [1.29, 1.82) is 0 Å². The van der Waals surface area contributed by atoms with Crippen LogP contribution in [0.5, 0.6) is 0 Å². The minimum absolute atomic E-state index is 0.0600. The molecule has 0 fully saturated rings. The van der Waals surface area contributed by atoms with E-state index in [2.05, 4.69) is 4.98 Å². The number of nitrogen functional groups attached to an aromatic ring is 1. The van der Waals surface area contributed by atoms with Gasteiger partial charge in [0.25, 0.3) is 0 Å². The summed E-state index contributed by atoms with van der Waals surface area (Å²) in [6.45, 7) is 1.96. The second kappa shape index (κ2) is 3.85. The predicted octanol–water partition coefficient (Wildman–Crippen LogP) is 1.65. The largest absolute Gasteiger partial charge is 0.399 e. The Balaban J connectivity index is 2.81. The molecule has 0 aliphatic rings. The van der Waals surface area contributed by atoms with Gasteiger partial charge < -0.3 is 5.73 Å². The van der Waals surface area contributed by atoms with Gasteiger partial charge in [-0.3, -0.25) is 9.78 Å². The van der Waals surface area contributed by atoms with Crippen molar-refractivity contribution in [3.8, 4) is 0 Å². The van der Waals surface area contributed by atoms with Crippen LogP contribution in [-0.4, -0.2) is 10.8 Å². The molecule has 0 unspecified atom stereocenters. The minimum Gasteiger partial charge on any atom is -0.399 e. The topological polar surface area (TPSA) is 56.0 Å². The lowest BCUT2D eigenvalue weighted by Gasteiger charge is -1.98. The molecule has 0 spiro atoms. The number of carbonyl (C=O) groups excluding carboxylic acids is 1. The lowest BCUT2D eigenvalue weighted by atomic mass is 10.1. The third kappa shape index (κ3) is 2.05. The van der Waals surface area contributed by atoms with Gasteiger partial charge in [0.05, 0.1) is 0 Å². The van der Waals surface area contributed by atoms with Crippen LogP contribution < -0.4 is 5.73 Å². The smallest absolute Gasteiger partial charge is 0.181 e. The molecule has 1 rings (SSSR count). The van der Waals surface area contributed by atoms with Crippen molar-refractivity contribution < 1.29 is 4.79 Å². The Kier molecular flexibility index (Phi) is 2.80. The fraction of sp³-hybridized carbons (Fsp3) is 0.333. The van der Waals surface area contributed by atoms with Crippen LogP contribution in [0.4, 0.5) is 5.69 Å². The Morgan fingerprint density at radius 2 is 2.42 bits per heavy atom. The molecular formula is C9H12N2O. The number of nitrogens with zero attached hydrogens (tertiary/aromatic N) is 1. The lowest BCUT2D eigenvalue weighted by molar-refractivity contribution is 0.0977. The first-order chi connectivity index (χ1) is 5.74. The molecule has 0 aromatic carbocycles. The minimum atomic E-state index is 0.0600. The molecule has 0 bridgehead atoms. The van der Waals surface area contributed by atoms with Gasteiger partial charge in [-0.05, 0) is 18.6 Å². The summed E-state index contributed by atoms with van der Waals surface area (Å²) in [6, 6.07) is 3.28. The first-order valence-electron chi connectivity index (χ1n) is 3.98. The van der Waals surface area contributed by atoms with Crippen LogP contribution >= 0.6 is 0 Å². The monoisotopic (exact) mass is 164 g/mol. The van der Waals surface area contributed by atoms with Crippen molar-refractivity contribution in [1.82, 2.24) is 4.98 Å². The van der Waals surface area contributed by atoms with E-state index in [1.54, 1.807) is 18.3 Å². The number of rotatable bonds is 3. The molecule has 0 radical (unpaired) electrons. The number of ketones is 1. The van der Waals surface area contributed by atoms with Gasteiger partial charge in [-0.25, -0.2) is 0 Å². The number of carbonyl (C=O) groups is 1. The summed E-state index contributed by atoms with van der Waals surface area (Å²) in [5.74, 6) is 0.0600. The lowest BCUT2D eigenvalue weighted by Crippen LogP contribution is -2.01. The van der Waals surface area contributed by atoms with E-state index in [4.69, 9.17) is 5.73 Å². The van der Waals surface area contributed by atoms with E-state index in [0.29, 0.717) is 17.8 Å². The van der Waals surface area contributed by atoms with E-state index in [-0.39, 0.29) is 5.78 Å². The second-order valence-corrected chi connectivity index (χ2v) is 2.65. The van der Waals surface area contributed by atoms with Crippen molar-refractivity contribution in [2.75, 3.05) is 5.73 Å². The van der Waals surface area contributed by atoms with Gasteiger partial charge in [-0.2, -0.15) is 0 Å². The molecule has 1 heterocycles. The Morgan fingerprint density at radius 3 is 3.00 bits per heavy atom. The molecule has 3 nitrogen and oxygen atoms in total. The molecule has 1 aromatic heterocycles.